The molecule has 0 saturated heterocycles. The monoisotopic (exact) mass is 468 g/mol. The number of ether oxygens (including phenoxy) is 1. The van der Waals surface area contributed by atoms with Gasteiger partial charge in [0.1, 0.15) is 5.75 Å². The van der Waals surface area contributed by atoms with Gasteiger partial charge in [-0.3, -0.25) is 15.1 Å². The van der Waals surface area contributed by atoms with E-state index in [2.05, 4.69) is 21.7 Å². The van der Waals surface area contributed by atoms with Gasteiger partial charge in [0.05, 0.1) is 17.6 Å². The van der Waals surface area contributed by atoms with Crippen molar-refractivity contribution < 1.29 is 9.66 Å². The Morgan fingerprint density at radius 1 is 1.27 bits per heavy atom. The second kappa shape index (κ2) is 9.37. The number of aliphatic imine (C=N–C) groups is 1. The summed E-state index contributed by atoms with van der Waals surface area (Å²) >= 11 is 0. The first-order valence-corrected chi connectivity index (χ1v) is 8.09. The van der Waals surface area contributed by atoms with Gasteiger partial charge in [0.2, 0.25) is 0 Å². The van der Waals surface area contributed by atoms with Crippen molar-refractivity contribution in [3.05, 3.63) is 69.8 Å². The van der Waals surface area contributed by atoms with Gasteiger partial charge in [-0.15, -0.1) is 24.0 Å². The van der Waals surface area contributed by atoms with Crippen LogP contribution in [0, 0.1) is 10.1 Å². The number of para-hydroxylation sites is 1. The molecule has 7 nitrogen and oxygen atoms in total. The Kier molecular flexibility index (Phi) is 7.19. The maximum absolute atomic E-state index is 10.7. The summed E-state index contributed by atoms with van der Waals surface area (Å²) in [6, 6.07) is 14.6. The lowest BCUT2D eigenvalue weighted by Crippen LogP contribution is -2.40. The third kappa shape index (κ3) is 4.84. The number of non-ortho nitro benzene ring substituents is 1. The summed E-state index contributed by atoms with van der Waals surface area (Å²) in [7, 11) is 1.72. The molecule has 138 valence electrons. The van der Waals surface area contributed by atoms with Crippen molar-refractivity contribution in [3.8, 4) is 5.75 Å². The SMILES string of the molecule is CN=C(NCc1ccc([N+](=O)[O-])cc1)NC1CCOc2ccccc21.I. The molecule has 1 aliphatic heterocycles. The van der Waals surface area contributed by atoms with Gasteiger partial charge < -0.3 is 15.4 Å². The molecule has 26 heavy (non-hydrogen) atoms. The van der Waals surface area contributed by atoms with Crippen molar-refractivity contribution in [1.29, 1.82) is 0 Å². The molecule has 1 heterocycles. The fourth-order valence-electron chi connectivity index (χ4n) is 2.77. The Morgan fingerprint density at radius 2 is 2.00 bits per heavy atom. The van der Waals surface area contributed by atoms with E-state index < -0.39 is 4.92 Å². The molecule has 1 aliphatic rings. The zero-order chi connectivity index (χ0) is 17.6. The number of halogens is 1. The molecule has 2 N–H and O–H groups in total. The lowest BCUT2D eigenvalue weighted by atomic mass is 10.0. The Labute approximate surface area is 169 Å². The first-order valence-electron chi connectivity index (χ1n) is 8.09. The molecule has 2 aromatic carbocycles. The molecular formula is C18H21IN4O3. The van der Waals surface area contributed by atoms with Gasteiger partial charge in [-0.1, -0.05) is 30.3 Å². The van der Waals surface area contributed by atoms with Crippen LogP contribution < -0.4 is 15.4 Å². The van der Waals surface area contributed by atoms with E-state index in [9.17, 15) is 10.1 Å². The molecule has 2 aromatic rings. The maximum atomic E-state index is 10.7. The lowest BCUT2D eigenvalue weighted by Gasteiger charge is -2.28. The van der Waals surface area contributed by atoms with Gasteiger partial charge in [-0.05, 0) is 11.6 Å². The smallest absolute Gasteiger partial charge is 0.269 e. The molecule has 0 aromatic heterocycles. The number of guanidine groups is 1. The number of nitro groups is 1. The van der Waals surface area contributed by atoms with Crippen molar-refractivity contribution in [2.45, 2.75) is 19.0 Å². The van der Waals surface area contributed by atoms with Gasteiger partial charge in [-0.25, -0.2) is 0 Å². The molecule has 0 fully saturated rings. The maximum Gasteiger partial charge on any atom is 0.269 e. The molecule has 0 bridgehead atoms. The molecular weight excluding hydrogens is 447 g/mol. The number of rotatable bonds is 4. The van der Waals surface area contributed by atoms with Crippen LogP contribution in [0.3, 0.4) is 0 Å². The number of hydrogen-bond donors (Lipinski definition) is 2. The Hall–Kier alpha value is -2.36. The van der Waals surface area contributed by atoms with Gasteiger partial charge >= 0.3 is 0 Å². The van der Waals surface area contributed by atoms with Crippen molar-refractivity contribution in [2.24, 2.45) is 4.99 Å². The summed E-state index contributed by atoms with van der Waals surface area (Å²) in [6.07, 6.45) is 0.856. The number of nitrogens with one attached hydrogen (secondary N) is 2. The summed E-state index contributed by atoms with van der Waals surface area (Å²) in [5.74, 6) is 1.58. The summed E-state index contributed by atoms with van der Waals surface area (Å²) in [5.41, 5.74) is 2.15. The van der Waals surface area contributed by atoms with Crippen molar-refractivity contribution in [3.63, 3.8) is 0 Å². The molecule has 0 spiro atoms. The zero-order valence-corrected chi connectivity index (χ0v) is 16.7. The van der Waals surface area contributed by atoms with Crippen LogP contribution in [0.15, 0.2) is 53.5 Å². The third-order valence-electron chi connectivity index (χ3n) is 4.10. The van der Waals surface area contributed by atoms with Gasteiger partial charge in [0, 0.05) is 37.7 Å². The molecule has 0 amide bonds. The van der Waals surface area contributed by atoms with Gasteiger partial charge in [0.25, 0.3) is 5.69 Å². The molecule has 0 radical (unpaired) electrons. The zero-order valence-electron chi connectivity index (χ0n) is 14.3. The number of nitrogens with zero attached hydrogens (tertiary/aromatic N) is 2. The van der Waals surface area contributed by atoms with Crippen LogP contribution in [0.25, 0.3) is 0 Å². The van der Waals surface area contributed by atoms with Gasteiger partial charge in [0.15, 0.2) is 5.96 Å². The minimum atomic E-state index is -0.402. The average molecular weight is 468 g/mol. The molecule has 1 atom stereocenters. The quantitative estimate of drug-likeness (QED) is 0.236. The van der Waals surface area contributed by atoms with Crippen LogP contribution in [0.1, 0.15) is 23.6 Å². The highest BCUT2D eigenvalue weighted by molar-refractivity contribution is 14.0. The highest BCUT2D eigenvalue weighted by Gasteiger charge is 2.21. The summed E-state index contributed by atoms with van der Waals surface area (Å²) in [6.45, 7) is 1.19. The van der Waals surface area contributed by atoms with Crippen LogP contribution in [-0.4, -0.2) is 24.5 Å². The summed E-state index contributed by atoms with van der Waals surface area (Å²) in [4.78, 5) is 14.6. The molecule has 1 unspecified atom stereocenters. The van der Waals surface area contributed by atoms with Crippen LogP contribution in [-0.2, 0) is 6.54 Å². The molecule has 0 aliphatic carbocycles. The first-order chi connectivity index (χ1) is 12.2. The van der Waals surface area contributed by atoms with E-state index in [1.54, 1.807) is 19.2 Å². The number of nitro benzene ring substituents is 1. The van der Waals surface area contributed by atoms with Crippen LogP contribution >= 0.6 is 24.0 Å². The Bertz CT molecular complexity index is 780. The second-order valence-corrected chi connectivity index (χ2v) is 5.72. The minimum Gasteiger partial charge on any atom is -0.493 e. The third-order valence-corrected chi connectivity index (χ3v) is 4.10. The normalized spacial score (nSPS) is 15.9. The van der Waals surface area contributed by atoms with Gasteiger partial charge in [-0.2, -0.15) is 0 Å². The predicted octanol–water partition coefficient (Wildman–Crippen LogP) is 3.40. The van der Waals surface area contributed by atoms with E-state index in [0.717, 1.165) is 23.3 Å². The highest BCUT2D eigenvalue weighted by Crippen LogP contribution is 2.31. The minimum absolute atomic E-state index is 0. The van der Waals surface area contributed by atoms with Crippen molar-refractivity contribution in [2.75, 3.05) is 13.7 Å². The second-order valence-electron chi connectivity index (χ2n) is 5.72. The fraction of sp³-hybridized carbons (Fsp3) is 0.278. The average Bonchev–Trinajstić information content (AvgIpc) is 2.65. The standard InChI is InChI=1S/C18H20N4O3.HI/c1-19-18(20-12-13-6-8-14(9-7-13)22(23)24)21-16-10-11-25-17-5-3-2-4-15(16)17;/h2-9,16H,10-12H2,1H3,(H2,19,20,21);1H. The molecule has 8 heteroatoms. The first kappa shape index (κ1) is 20.0. The summed E-state index contributed by atoms with van der Waals surface area (Å²) < 4.78 is 5.67. The number of hydrogen-bond acceptors (Lipinski definition) is 4. The highest BCUT2D eigenvalue weighted by atomic mass is 127. The summed E-state index contributed by atoms with van der Waals surface area (Å²) in [5, 5.41) is 17.4. The van der Waals surface area contributed by atoms with Crippen molar-refractivity contribution >= 4 is 35.6 Å². The Balaban J connectivity index is 0.00000243. The van der Waals surface area contributed by atoms with E-state index in [1.165, 1.54) is 12.1 Å². The van der Waals surface area contributed by atoms with E-state index >= 15 is 0 Å². The number of fused-ring (bicyclic) bond motifs is 1. The van der Waals surface area contributed by atoms with E-state index in [4.69, 9.17) is 4.74 Å². The van der Waals surface area contributed by atoms with Crippen LogP contribution in [0.4, 0.5) is 5.69 Å². The van der Waals surface area contributed by atoms with Crippen molar-refractivity contribution in [1.82, 2.24) is 10.6 Å². The van der Waals surface area contributed by atoms with E-state index in [1.807, 2.05) is 18.2 Å². The largest absolute Gasteiger partial charge is 0.493 e. The van der Waals surface area contributed by atoms with Crippen LogP contribution in [0.5, 0.6) is 5.75 Å². The number of benzene rings is 2. The fourth-order valence-corrected chi connectivity index (χ4v) is 2.77. The van der Waals surface area contributed by atoms with E-state index in [-0.39, 0.29) is 35.7 Å². The van der Waals surface area contributed by atoms with Crippen LogP contribution in [0.2, 0.25) is 0 Å². The molecule has 0 saturated carbocycles. The predicted molar refractivity (Wildman–Crippen MR) is 111 cm³/mol. The Morgan fingerprint density at radius 3 is 2.69 bits per heavy atom. The molecule has 3 rings (SSSR count). The van der Waals surface area contributed by atoms with E-state index in [0.29, 0.717) is 19.1 Å². The topological polar surface area (TPSA) is 88.8 Å². The lowest BCUT2D eigenvalue weighted by molar-refractivity contribution is -0.384.